The van der Waals surface area contributed by atoms with E-state index in [0.29, 0.717) is 6.54 Å². The van der Waals surface area contributed by atoms with Gasteiger partial charge in [0.25, 0.3) is 0 Å². The van der Waals surface area contributed by atoms with Crippen LogP contribution in [0.4, 0.5) is 4.39 Å². The highest BCUT2D eigenvalue weighted by atomic mass is 35.5. The van der Waals surface area contributed by atoms with Crippen LogP contribution in [0.1, 0.15) is 5.56 Å². The Kier molecular flexibility index (Phi) is 2.80. The molecular formula is C15H11ClFN. The number of benzene rings is 2. The summed E-state index contributed by atoms with van der Waals surface area (Å²) >= 11 is 5.85. The van der Waals surface area contributed by atoms with Crippen molar-refractivity contribution in [2.75, 3.05) is 0 Å². The highest BCUT2D eigenvalue weighted by molar-refractivity contribution is 6.30. The van der Waals surface area contributed by atoms with Crippen molar-refractivity contribution < 1.29 is 4.39 Å². The van der Waals surface area contributed by atoms with E-state index < -0.39 is 0 Å². The van der Waals surface area contributed by atoms with Crippen molar-refractivity contribution in [2.45, 2.75) is 6.54 Å². The number of rotatable bonds is 2. The second-order valence-corrected chi connectivity index (χ2v) is 4.71. The summed E-state index contributed by atoms with van der Waals surface area (Å²) in [5.41, 5.74) is 2.05. The number of nitrogens with zero attached hydrogens (tertiary/aromatic N) is 1. The van der Waals surface area contributed by atoms with Gasteiger partial charge in [0.15, 0.2) is 0 Å². The summed E-state index contributed by atoms with van der Waals surface area (Å²) in [5.74, 6) is -0.210. The first kappa shape index (κ1) is 11.3. The molecule has 0 fully saturated rings. The van der Waals surface area contributed by atoms with Crippen molar-refractivity contribution in [1.82, 2.24) is 4.57 Å². The predicted molar refractivity (Wildman–Crippen MR) is 72.5 cm³/mol. The second-order valence-electron chi connectivity index (χ2n) is 4.27. The molecule has 0 aliphatic heterocycles. The minimum absolute atomic E-state index is 0.210. The fourth-order valence-corrected chi connectivity index (χ4v) is 2.21. The average Bonchev–Trinajstić information content (AvgIpc) is 2.75. The first-order chi connectivity index (χ1) is 8.72. The molecule has 3 rings (SSSR count). The van der Waals surface area contributed by atoms with E-state index in [0.717, 1.165) is 21.5 Å². The first-order valence-electron chi connectivity index (χ1n) is 5.71. The van der Waals surface area contributed by atoms with Crippen molar-refractivity contribution in [3.8, 4) is 0 Å². The Labute approximate surface area is 109 Å². The van der Waals surface area contributed by atoms with Crippen molar-refractivity contribution in [3.05, 3.63) is 71.1 Å². The maximum absolute atomic E-state index is 13.3. The Hall–Kier alpha value is -1.80. The highest BCUT2D eigenvalue weighted by Gasteiger charge is 2.03. The molecule has 0 unspecified atom stereocenters. The molecule has 2 aromatic carbocycles. The van der Waals surface area contributed by atoms with Crippen molar-refractivity contribution >= 4 is 22.5 Å². The minimum atomic E-state index is -0.210. The van der Waals surface area contributed by atoms with E-state index in [2.05, 4.69) is 0 Å². The maximum Gasteiger partial charge on any atom is 0.125 e. The van der Waals surface area contributed by atoms with Gasteiger partial charge in [-0.15, -0.1) is 0 Å². The summed E-state index contributed by atoms with van der Waals surface area (Å²) in [6.07, 6.45) is 1.97. The van der Waals surface area contributed by atoms with E-state index >= 15 is 0 Å². The van der Waals surface area contributed by atoms with Crippen LogP contribution in [0.25, 0.3) is 10.9 Å². The standard InChI is InChI=1S/C15H11ClFN/c16-13-4-1-11(2-5-13)10-18-8-7-12-3-6-14(17)9-15(12)18/h1-9H,10H2. The van der Waals surface area contributed by atoms with Crippen molar-refractivity contribution in [2.24, 2.45) is 0 Å². The van der Waals surface area contributed by atoms with Crippen LogP contribution < -0.4 is 0 Å². The third-order valence-electron chi connectivity index (χ3n) is 3.00. The van der Waals surface area contributed by atoms with Gasteiger partial charge < -0.3 is 4.57 Å². The number of hydrogen-bond donors (Lipinski definition) is 0. The van der Waals surface area contributed by atoms with Gasteiger partial charge in [0.05, 0.1) is 5.52 Å². The van der Waals surface area contributed by atoms with Gasteiger partial charge in [0.1, 0.15) is 5.82 Å². The van der Waals surface area contributed by atoms with E-state index in [9.17, 15) is 4.39 Å². The lowest BCUT2D eigenvalue weighted by molar-refractivity contribution is 0.628. The summed E-state index contributed by atoms with van der Waals surface area (Å²) in [5, 5.41) is 1.77. The van der Waals surface area contributed by atoms with Crippen LogP contribution in [0.15, 0.2) is 54.7 Å². The van der Waals surface area contributed by atoms with Crippen LogP contribution in [0.3, 0.4) is 0 Å². The largest absolute Gasteiger partial charge is 0.343 e. The third kappa shape index (κ3) is 2.12. The Morgan fingerprint density at radius 3 is 2.56 bits per heavy atom. The van der Waals surface area contributed by atoms with E-state index in [1.54, 1.807) is 12.1 Å². The third-order valence-corrected chi connectivity index (χ3v) is 3.25. The summed E-state index contributed by atoms with van der Waals surface area (Å²) in [6.45, 7) is 0.712. The molecule has 1 nitrogen and oxygen atoms in total. The Morgan fingerprint density at radius 1 is 1.00 bits per heavy atom. The normalized spacial score (nSPS) is 11.0. The fourth-order valence-electron chi connectivity index (χ4n) is 2.08. The van der Waals surface area contributed by atoms with Gasteiger partial charge in [-0.1, -0.05) is 23.7 Å². The molecule has 0 saturated heterocycles. The Morgan fingerprint density at radius 2 is 1.78 bits per heavy atom. The van der Waals surface area contributed by atoms with Crippen molar-refractivity contribution in [1.29, 1.82) is 0 Å². The van der Waals surface area contributed by atoms with E-state index in [4.69, 9.17) is 11.6 Å². The molecule has 0 saturated carbocycles. The summed E-state index contributed by atoms with van der Waals surface area (Å²) < 4.78 is 15.3. The molecule has 0 radical (unpaired) electrons. The molecule has 90 valence electrons. The number of aromatic nitrogens is 1. The zero-order valence-corrected chi connectivity index (χ0v) is 10.4. The molecule has 1 aromatic heterocycles. The van der Waals surface area contributed by atoms with Crippen LogP contribution in [-0.2, 0) is 6.54 Å². The molecule has 0 atom stereocenters. The molecule has 1 heterocycles. The molecule has 18 heavy (non-hydrogen) atoms. The number of fused-ring (bicyclic) bond motifs is 1. The smallest absolute Gasteiger partial charge is 0.125 e. The monoisotopic (exact) mass is 259 g/mol. The number of hydrogen-bond acceptors (Lipinski definition) is 0. The summed E-state index contributed by atoms with van der Waals surface area (Å²) in [4.78, 5) is 0. The molecule has 0 aliphatic carbocycles. The SMILES string of the molecule is Fc1ccc2ccn(Cc3ccc(Cl)cc3)c2c1. The van der Waals surface area contributed by atoms with Crippen LogP contribution in [0.2, 0.25) is 5.02 Å². The van der Waals surface area contributed by atoms with E-state index in [1.165, 1.54) is 6.07 Å². The van der Waals surface area contributed by atoms with Gasteiger partial charge in [-0.2, -0.15) is 0 Å². The molecule has 3 aromatic rings. The fraction of sp³-hybridized carbons (Fsp3) is 0.0667. The van der Waals surface area contributed by atoms with Crippen LogP contribution in [0.5, 0.6) is 0 Å². The highest BCUT2D eigenvalue weighted by Crippen LogP contribution is 2.19. The topological polar surface area (TPSA) is 4.93 Å². The van der Waals surface area contributed by atoms with Gasteiger partial charge in [0.2, 0.25) is 0 Å². The van der Waals surface area contributed by atoms with Gasteiger partial charge in [0, 0.05) is 17.8 Å². The average molecular weight is 260 g/mol. The molecule has 0 aliphatic rings. The summed E-state index contributed by atoms with van der Waals surface area (Å²) in [7, 11) is 0. The van der Waals surface area contributed by atoms with E-state index in [-0.39, 0.29) is 5.82 Å². The molecule has 0 spiro atoms. The van der Waals surface area contributed by atoms with Crippen molar-refractivity contribution in [3.63, 3.8) is 0 Å². The van der Waals surface area contributed by atoms with Gasteiger partial charge in [-0.05, 0) is 47.3 Å². The van der Waals surface area contributed by atoms with Crippen LogP contribution in [0, 0.1) is 5.82 Å². The molecule has 0 N–H and O–H groups in total. The summed E-state index contributed by atoms with van der Waals surface area (Å²) in [6, 6.07) is 14.5. The second kappa shape index (κ2) is 4.46. The van der Waals surface area contributed by atoms with Gasteiger partial charge in [-0.3, -0.25) is 0 Å². The molecule has 3 heteroatoms. The maximum atomic E-state index is 13.3. The quantitative estimate of drug-likeness (QED) is 0.639. The zero-order chi connectivity index (χ0) is 12.5. The minimum Gasteiger partial charge on any atom is -0.343 e. The molecule has 0 amide bonds. The molecule has 0 bridgehead atoms. The first-order valence-corrected chi connectivity index (χ1v) is 6.09. The number of halogens is 2. The van der Waals surface area contributed by atoms with Gasteiger partial charge >= 0.3 is 0 Å². The lowest BCUT2D eigenvalue weighted by Gasteiger charge is -2.06. The molecular weight excluding hydrogens is 249 g/mol. The predicted octanol–water partition coefficient (Wildman–Crippen LogP) is 4.48. The zero-order valence-electron chi connectivity index (χ0n) is 9.61. The lowest BCUT2D eigenvalue weighted by atomic mass is 10.2. The van der Waals surface area contributed by atoms with Crippen LogP contribution in [-0.4, -0.2) is 4.57 Å². The van der Waals surface area contributed by atoms with Gasteiger partial charge in [-0.25, -0.2) is 4.39 Å². The van der Waals surface area contributed by atoms with E-state index in [1.807, 2.05) is 41.1 Å². The Balaban J connectivity index is 1.99. The van der Waals surface area contributed by atoms with Crippen LogP contribution >= 0.6 is 11.6 Å². The lowest BCUT2D eigenvalue weighted by Crippen LogP contribution is -1.97. The Bertz CT molecular complexity index is 685.